The first kappa shape index (κ1) is 17.4. The minimum Gasteiger partial charge on any atom is -0.454 e. The number of amides is 1. The molecule has 26 heavy (non-hydrogen) atoms. The molecule has 0 unspecified atom stereocenters. The minimum absolute atomic E-state index is 0.150. The van der Waals surface area contributed by atoms with Crippen LogP contribution in [-0.2, 0) is 4.79 Å². The average molecular weight is 368 g/mol. The van der Waals surface area contributed by atoms with Crippen molar-refractivity contribution < 1.29 is 19.3 Å². The van der Waals surface area contributed by atoms with Crippen LogP contribution in [0.3, 0.4) is 0 Å². The number of benzene rings is 1. The summed E-state index contributed by atoms with van der Waals surface area (Å²) in [6, 6.07) is 10.4. The van der Waals surface area contributed by atoms with Crippen LogP contribution in [0, 0.1) is 22.7 Å². The monoisotopic (exact) mass is 368 g/mol. The van der Waals surface area contributed by atoms with E-state index in [-0.39, 0.29) is 29.6 Å². The van der Waals surface area contributed by atoms with E-state index in [1.807, 2.05) is 12.1 Å². The van der Waals surface area contributed by atoms with Crippen LogP contribution in [0.15, 0.2) is 29.3 Å². The Kier molecular flexibility index (Phi) is 4.83. The lowest BCUT2D eigenvalue weighted by atomic mass is 10.2. The predicted octanol–water partition coefficient (Wildman–Crippen LogP) is 1.67. The predicted molar refractivity (Wildman–Crippen MR) is 93.4 cm³/mol. The van der Waals surface area contributed by atoms with Crippen LogP contribution in [0.5, 0.6) is 11.5 Å². The van der Waals surface area contributed by atoms with Crippen LogP contribution in [0.25, 0.3) is 0 Å². The van der Waals surface area contributed by atoms with E-state index < -0.39 is 5.25 Å². The number of aromatic amines is 1. The van der Waals surface area contributed by atoms with Crippen LogP contribution in [0.1, 0.15) is 18.1 Å². The number of H-pyrrole nitrogens is 1. The Labute approximate surface area is 153 Å². The third-order valence-electron chi connectivity index (χ3n) is 3.62. The number of nitrogen functional groups attached to an aromatic ring is 1. The number of anilines is 2. The largest absolute Gasteiger partial charge is 0.454 e. The van der Waals surface area contributed by atoms with Gasteiger partial charge in [-0.05, 0) is 25.1 Å². The van der Waals surface area contributed by atoms with Gasteiger partial charge in [-0.3, -0.25) is 10.5 Å². The lowest BCUT2D eigenvalue weighted by Gasteiger charge is -2.12. The molecule has 1 amide bonds. The molecule has 4 N–H and O–H groups in total. The minimum atomic E-state index is -0.517. The van der Waals surface area contributed by atoms with E-state index in [9.17, 15) is 10.1 Å². The van der Waals surface area contributed by atoms with Crippen molar-refractivity contribution in [1.82, 2.24) is 0 Å². The number of nitrogens with zero attached hydrogens (tertiary/aromatic N) is 2. The maximum absolute atomic E-state index is 12.4. The second-order valence-corrected chi connectivity index (χ2v) is 6.73. The second-order valence-electron chi connectivity index (χ2n) is 5.38. The fraction of sp³-hybridized carbons (Fsp3) is 0.176. The van der Waals surface area contributed by atoms with Gasteiger partial charge >= 0.3 is 0 Å². The molecule has 0 saturated heterocycles. The van der Waals surface area contributed by atoms with Gasteiger partial charge in [-0.15, -0.1) is 0 Å². The lowest BCUT2D eigenvalue weighted by molar-refractivity contribution is -0.410. The molecule has 8 nitrogen and oxygen atoms in total. The van der Waals surface area contributed by atoms with Gasteiger partial charge in [0.05, 0.1) is 5.25 Å². The van der Waals surface area contributed by atoms with Gasteiger partial charge in [0, 0.05) is 11.8 Å². The van der Waals surface area contributed by atoms with Crippen LogP contribution in [0.4, 0.5) is 11.5 Å². The number of nitriles is 2. The summed E-state index contributed by atoms with van der Waals surface area (Å²) in [5.41, 5.74) is 6.77. The first-order valence-corrected chi connectivity index (χ1v) is 8.43. The van der Waals surface area contributed by atoms with Crippen LogP contribution in [0.2, 0.25) is 0 Å². The Hall–Kier alpha value is -3.43. The van der Waals surface area contributed by atoms with Crippen molar-refractivity contribution >= 4 is 29.2 Å². The summed E-state index contributed by atoms with van der Waals surface area (Å²) in [6.45, 7) is 1.86. The summed E-state index contributed by atoms with van der Waals surface area (Å²) in [5.74, 6) is 1.10. The first-order valence-electron chi connectivity index (χ1n) is 7.55. The molecule has 0 fully saturated rings. The number of nitrogens with two attached hydrogens (primary N) is 1. The number of fused-ring (bicyclic) bond motifs is 1. The molecule has 0 saturated carbocycles. The van der Waals surface area contributed by atoms with Crippen LogP contribution in [-0.4, -0.2) is 18.0 Å². The highest BCUT2D eigenvalue weighted by molar-refractivity contribution is 8.00. The maximum atomic E-state index is 12.4. The van der Waals surface area contributed by atoms with E-state index in [0.717, 1.165) is 11.8 Å². The number of hydrogen-bond donors (Lipinski definition) is 2. The third-order valence-corrected chi connectivity index (χ3v) is 4.74. The number of carbonyl (C=O) groups is 1. The van der Waals surface area contributed by atoms with Gasteiger partial charge in [0.15, 0.2) is 16.5 Å². The summed E-state index contributed by atoms with van der Waals surface area (Å²) < 4.78 is 10.5. The SMILES string of the molecule is C[C@H](Sc1[nH+]c(N)c(C#N)cc1C#N)C(=O)Nc1ccc2c(c1)OCO2. The summed E-state index contributed by atoms with van der Waals surface area (Å²) >= 11 is 1.15. The average Bonchev–Trinajstić information content (AvgIpc) is 3.09. The summed E-state index contributed by atoms with van der Waals surface area (Å²) in [4.78, 5) is 15.2. The van der Waals surface area contributed by atoms with E-state index in [2.05, 4.69) is 10.3 Å². The number of hydrogen-bond acceptors (Lipinski definition) is 7. The third kappa shape index (κ3) is 3.48. The highest BCUT2D eigenvalue weighted by atomic mass is 32.2. The summed E-state index contributed by atoms with van der Waals surface area (Å²) in [7, 11) is 0. The number of carbonyl (C=O) groups excluding carboxylic acids is 1. The quantitative estimate of drug-likeness (QED) is 0.784. The zero-order valence-electron chi connectivity index (χ0n) is 13.7. The van der Waals surface area contributed by atoms with Gasteiger partial charge in [0.25, 0.3) is 5.82 Å². The molecule has 2 heterocycles. The molecule has 1 aromatic carbocycles. The van der Waals surface area contributed by atoms with Crippen molar-refractivity contribution in [3.63, 3.8) is 0 Å². The molecule has 9 heteroatoms. The molecule has 0 spiro atoms. The lowest BCUT2D eigenvalue weighted by Crippen LogP contribution is -2.25. The Morgan fingerprint density at radius 3 is 2.73 bits per heavy atom. The van der Waals surface area contributed by atoms with Gasteiger partial charge in [-0.25, -0.2) is 4.98 Å². The van der Waals surface area contributed by atoms with Crippen LogP contribution < -0.4 is 25.5 Å². The van der Waals surface area contributed by atoms with E-state index in [4.69, 9.17) is 20.5 Å². The van der Waals surface area contributed by atoms with E-state index >= 15 is 0 Å². The van der Waals surface area contributed by atoms with Gasteiger partial charge in [0.1, 0.15) is 23.3 Å². The van der Waals surface area contributed by atoms with Crippen molar-refractivity contribution in [2.75, 3.05) is 17.8 Å². The van der Waals surface area contributed by atoms with Crippen molar-refractivity contribution in [3.05, 3.63) is 35.4 Å². The van der Waals surface area contributed by atoms with E-state index in [1.54, 1.807) is 25.1 Å². The Morgan fingerprint density at radius 2 is 2.00 bits per heavy atom. The number of pyridine rings is 1. The topological polar surface area (TPSA) is 135 Å². The number of thioether (sulfide) groups is 1. The van der Waals surface area contributed by atoms with Crippen LogP contribution >= 0.6 is 11.8 Å². The fourth-order valence-corrected chi connectivity index (χ4v) is 3.18. The highest BCUT2D eigenvalue weighted by Gasteiger charge is 2.22. The van der Waals surface area contributed by atoms with Gasteiger partial charge in [-0.2, -0.15) is 10.5 Å². The number of aromatic nitrogens is 1. The number of nitrogens with one attached hydrogen (secondary N) is 2. The Morgan fingerprint density at radius 1 is 1.27 bits per heavy atom. The highest BCUT2D eigenvalue weighted by Crippen LogP contribution is 2.34. The fourth-order valence-electron chi connectivity index (χ4n) is 2.26. The van der Waals surface area contributed by atoms with Gasteiger partial charge < -0.3 is 14.8 Å². The molecule has 1 aliphatic heterocycles. The summed E-state index contributed by atoms with van der Waals surface area (Å²) in [6.07, 6.45) is 0. The summed E-state index contributed by atoms with van der Waals surface area (Å²) in [5, 5.41) is 20.9. The molecule has 3 rings (SSSR count). The molecule has 0 bridgehead atoms. The van der Waals surface area contributed by atoms with Crippen molar-refractivity contribution in [2.24, 2.45) is 0 Å². The van der Waals surface area contributed by atoms with Crippen molar-refractivity contribution in [2.45, 2.75) is 17.2 Å². The Bertz CT molecular complexity index is 964. The molecule has 1 aliphatic rings. The normalized spacial score (nSPS) is 12.7. The smallest absolute Gasteiger partial charge is 0.289 e. The second kappa shape index (κ2) is 7.21. The van der Waals surface area contributed by atoms with E-state index in [0.29, 0.717) is 22.2 Å². The molecular formula is C17H14N5O3S+. The van der Waals surface area contributed by atoms with E-state index in [1.165, 1.54) is 6.07 Å². The Balaban J connectivity index is 1.73. The molecule has 130 valence electrons. The maximum Gasteiger partial charge on any atom is 0.289 e. The molecule has 0 aliphatic carbocycles. The van der Waals surface area contributed by atoms with Gasteiger partial charge in [0.2, 0.25) is 12.7 Å². The number of rotatable bonds is 4. The molecule has 2 aromatic rings. The standard InChI is InChI=1S/C17H13N5O3S/c1-9(26-17-11(7-19)4-10(6-18)15(20)22-17)16(23)21-12-2-3-13-14(5-12)25-8-24-13/h2-5,9H,8H2,1H3,(H2,20,22)(H,21,23)/p+1/t9-/m0/s1. The zero-order chi connectivity index (χ0) is 18.7. The van der Waals surface area contributed by atoms with Crippen molar-refractivity contribution in [3.8, 4) is 23.6 Å². The first-order chi connectivity index (χ1) is 12.5. The van der Waals surface area contributed by atoms with Gasteiger partial charge in [-0.1, -0.05) is 11.8 Å². The molecule has 1 aromatic heterocycles. The number of ether oxygens (including phenoxy) is 2. The molecule has 1 atom stereocenters. The zero-order valence-corrected chi connectivity index (χ0v) is 14.5. The molecule has 0 radical (unpaired) electrons. The van der Waals surface area contributed by atoms with Crippen molar-refractivity contribution in [1.29, 1.82) is 10.5 Å². The molecular weight excluding hydrogens is 354 g/mol.